The molecule has 0 radical (unpaired) electrons. The predicted octanol–water partition coefficient (Wildman–Crippen LogP) is 4.89. The van der Waals surface area contributed by atoms with Gasteiger partial charge in [-0.15, -0.1) is 0 Å². The minimum atomic E-state index is -0.797. The van der Waals surface area contributed by atoms with Gasteiger partial charge in [0.25, 0.3) is 0 Å². The van der Waals surface area contributed by atoms with Crippen molar-refractivity contribution in [3.05, 3.63) is 61.8 Å². The first-order valence-electron chi connectivity index (χ1n) is 5.49. The van der Waals surface area contributed by atoms with Crippen molar-refractivity contribution >= 4 is 58.6 Å². The Kier molecular flexibility index (Phi) is 5.42. The first-order chi connectivity index (χ1) is 9.99. The summed E-state index contributed by atoms with van der Waals surface area (Å²) in [6.07, 6.45) is 2.54. The Bertz CT molecular complexity index is 699. The van der Waals surface area contributed by atoms with Crippen molar-refractivity contribution in [2.45, 2.75) is 0 Å². The predicted molar refractivity (Wildman–Crippen MR) is 83.7 cm³/mol. The maximum absolute atomic E-state index is 11.8. The molecule has 1 aromatic carbocycles. The van der Waals surface area contributed by atoms with Crippen molar-refractivity contribution in [2.75, 3.05) is 0 Å². The van der Waals surface area contributed by atoms with Gasteiger partial charge in [0.15, 0.2) is 0 Å². The van der Waals surface area contributed by atoms with Crippen LogP contribution in [-0.2, 0) is 4.84 Å². The maximum atomic E-state index is 11.8. The molecular formula is C13H6Cl4N2O2. The molecule has 0 spiro atoms. The Morgan fingerprint density at radius 3 is 2.52 bits per heavy atom. The molecule has 21 heavy (non-hydrogen) atoms. The number of carbonyl (C=O) groups is 1. The number of hydrogen-bond acceptors (Lipinski definition) is 4. The van der Waals surface area contributed by atoms with Crippen LogP contribution in [0.2, 0.25) is 20.2 Å². The highest BCUT2D eigenvalue weighted by Crippen LogP contribution is 2.22. The molecule has 0 saturated carbocycles. The third kappa shape index (κ3) is 4.08. The number of halogens is 4. The minimum Gasteiger partial charge on any atom is -0.313 e. The van der Waals surface area contributed by atoms with E-state index < -0.39 is 5.97 Å². The van der Waals surface area contributed by atoms with Gasteiger partial charge in [-0.3, -0.25) is 0 Å². The van der Waals surface area contributed by atoms with Gasteiger partial charge in [-0.25, -0.2) is 9.78 Å². The van der Waals surface area contributed by atoms with Crippen LogP contribution >= 0.6 is 46.4 Å². The van der Waals surface area contributed by atoms with Crippen molar-refractivity contribution in [1.82, 2.24) is 4.98 Å². The summed E-state index contributed by atoms with van der Waals surface area (Å²) < 4.78 is 0. The van der Waals surface area contributed by atoms with Gasteiger partial charge in [0, 0.05) is 11.8 Å². The van der Waals surface area contributed by atoms with Crippen molar-refractivity contribution in [3.63, 3.8) is 0 Å². The lowest BCUT2D eigenvalue weighted by molar-refractivity contribution is 0.0519. The SMILES string of the molecule is O=C(O/N=C\c1c(Cl)cccc1Cl)c1cc(Cl)cnc1Cl. The molecule has 2 aromatic rings. The third-order valence-corrected chi connectivity index (χ3v) is 3.51. The second kappa shape index (κ2) is 7.09. The number of oxime groups is 1. The number of rotatable bonds is 3. The van der Waals surface area contributed by atoms with E-state index in [1.807, 2.05) is 0 Å². The number of benzene rings is 1. The van der Waals surface area contributed by atoms with Crippen LogP contribution in [0.1, 0.15) is 15.9 Å². The number of carbonyl (C=O) groups excluding carboxylic acids is 1. The van der Waals surface area contributed by atoms with E-state index in [9.17, 15) is 4.79 Å². The van der Waals surface area contributed by atoms with Gasteiger partial charge in [0.05, 0.1) is 21.3 Å². The van der Waals surface area contributed by atoms with Crippen LogP contribution in [0.5, 0.6) is 0 Å². The summed E-state index contributed by atoms with van der Waals surface area (Å²) in [5, 5.41) is 4.52. The fourth-order valence-corrected chi connectivity index (χ4v) is 2.21. The number of nitrogens with zero attached hydrogens (tertiary/aromatic N) is 2. The molecule has 108 valence electrons. The van der Waals surface area contributed by atoms with Gasteiger partial charge < -0.3 is 4.84 Å². The zero-order valence-electron chi connectivity index (χ0n) is 10.2. The average molecular weight is 364 g/mol. The Morgan fingerprint density at radius 2 is 1.86 bits per heavy atom. The van der Waals surface area contributed by atoms with Crippen molar-refractivity contribution in [1.29, 1.82) is 0 Å². The zero-order valence-corrected chi connectivity index (χ0v) is 13.2. The average Bonchev–Trinajstić information content (AvgIpc) is 2.44. The first kappa shape index (κ1) is 16.0. The summed E-state index contributed by atoms with van der Waals surface area (Å²) in [6, 6.07) is 6.28. The highest BCUT2D eigenvalue weighted by atomic mass is 35.5. The lowest BCUT2D eigenvalue weighted by Gasteiger charge is -2.02. The van der Waals surface area contributed by atoms with Crippen LogP contribution in [0.25, 0.3) is 0 Å². The van der Waals surface area contributed by atoms with E-state index in [0.29, 0.717) is 15.6 Å². The van der Waals surface area contributed by atoms with Gasteiger partial charge in [0.1, 0.15) is 10.7 Å². The van der Waals surface area contributed by atoms with Crippen molar-refractivity contribution in [2.24, 2.45) is 5.16 Å². The van der Waals surface area contributed by atoms with E-state index in [1.54, 1.807) is 18.2 Å². The minimum absolute atomic E-state index is 0.00609. The van der Waals surface area contributed by atoms with Gasteiger partial charge >= 0.3 is 5.97 Å². The Labute approximate surface area is 140 Å². The van der Waals surface area contributed by atoms with Gasteiger partial charge in [-0.05, 0) is 18.2 Å². The summed E-state index contributed by atoms with van der Waals surface area (Å²) in [7, 11) is 0. The lowest BCUT2D eigenvalue weighted by atomic mass is 10.2. The molecule has 0 bridgehead atoms. The molecule has 0 fully saturated rings. The van der Waals surface area contributed by atoms with Gasteiger partial charge in [-0.1, -0.05) is 57.6 Å². The second-order valence-electron chi connectivity index (χ2n) is 3.74. The molecule has 8 heteroatoms. The summed E-state index contributed by atoms with van der Waals surface area (Å²) in [6.45, 7) is 0. The monoisotopic (exact) mass is 362 g/mol. The number of aromatic nitrogens is 1. The molecule has 1 heterocycles. The van der Waals surface area contributed by atoms with Crippen LogP contribution in [-0.4, -0.2) is 17.2 Å². The van der Waals surface area contributed by atoms with Crippen LogP contribution in [0.4, 0.5) is 0 Å². The number of pyridine rings is 1. The van der Waals surface area contributed by atoms with Crippen molar-refractivity contribution < 1.29 is 9.63 Å². The number of hydrogen-bond donors (Lipinski definition) is 0. The van der Waals surface area contributed by atoms with E-state index in [4.69, 9.17) is 51.2 Å². The molecule has 0 atom stereocenters. The molecule has 2 rings (SSSR count). The summed E-state index contributed by atoms with van der Waals surface area (Å²) in [5.74, 6) is -0.797. The molecule has 4 nitrogen and oxygen atoms in total. The van der Waals surface area contributed by atoms with Crippen LogP contribution in [0.15, 0.2) is 35.6 Å². The molecule has 0 saturated heterocycles. The van der Waals surface area contributed by atoms with Crippen LogP contribution < -0.4 is 0 Å². The highest BCUT2D eigenvalue weighted by molar-refractivity contribution is 6.38. The third-order valence-electron chi connectivity index (χ3n) is 2.34. The molecule has 0 N–H and O–H groups in total. The molecular weight excluding hydrogens is 358 g/mol. The largest absolute Gasteiger partial charge is 0.368 e. The maximum Gasteiger partial charge on any atom is 0.368 e. The molecule has 0 unspecified atom stereocenters. The highest BCUT2D eigenvalue weighted by Gasteiger charge is 2.14. The van der Waals surface area contributed by atoms with E-state index >= 15 is 0 Å². The van der Waals surface area contributed by atoms with E-state index in [0.717, 1.165) is 0 Å². The second-order valence-corrected chi connectivity index (χ2v) is 5.35. The van der Waals surface area contributed by atoms with Gasteiger partial charge in [0.2, 0.25) is 0 Å². The van der Waals surface area contributed by atoms with Crippen LogP contribution in [0.3, 0.4) is 0 Å². The standard InChI is InChI=1S/C13H6Cl4N2O2/c14-7-4-8(12(17)18-5-7)13(20)21-19-6-9-10(15)2-1-3-11(9)16/h1-6H/b19-6-. The quantitative estimate of drug-likeness (QED) is 0.337. The Balaban J connectivity index is 2.14. The van der Waals surface area contributed by atoms with Crippen molar-refractivity contribution in [3.8, 4) is 0 Å². The lowest BCUT2D eigenvalue weighted by Crippen LogP contribution is -2.03. The molecule has 0 aliphatic rings. The smallest absolute Gasteiger partial charge is 0.313 e. The van der Waals surface area contributed by atoms with E-state index in [-0.39, 0.29) is 15.7 Å². The Morgan fingerprint density at radius 1 is 1.19 bits per heavy atom. The van der Waals surface area contributed by atoms with Crippen LogP contribution in [0, 0.1) is 0 Å². The summed E-state index contributed by atoms with van der Waals surface area (Å²) in [4.78, 5) is 20.2. The van der Waals surface area contributed by atoms with Gasteiger partial charge in [-0.2, -0.15) is 0 Å². The summed E-state index contributed by atoms with van der Waals surface area (Å²) in [5.41, 5.74) is 0.440. The Hall–Kier alpha value is -1.33. The fraction of sp³-hybridized carbons (Fsp3) is 0. The topological polar surface area (TPSA) is 51.5 Å². The fourth-order valence-electron chi connectivity index (χ4n) is 1.38. The van der Waals surface area contributed by atoms with E-state index in [1.165, 1.54) is 18.5 Å². The zero-order chi connectivity index (χ0) is 15.4. The molecule has 0 aliphatic heterocycles. The molecule has 0 aliphatic carbocycles. The van der Waals surface area contributed by atoms with E-state index in [2.05, 4.69) is 10.1 Å². The normalized spacial score (nSPS) is 10.9. The molecule has 1 aromatic heterocycles. The summed E-state index contributed by atoms with van der Waals surface area (Å²) >= 11 is 23.4. The first-order valence-corrected chi connectivity index (χ1v) is 7.00. The molecule has 0 amide bonds.